The van der Waals surface area contributed by atoms with Gasteiger partial charge in [0.05, 0.1) is 0 Å². The van der Waals surface area contributed by atoms with Gasteiger partial charge in [0, 0.05) is 18.4 Å². The monoisotopic (exact) mass is 329 g/mol. The van der Waals surface area contributed by atoms with Gasteiger partial charge in [0.15, 0.2) is 0 Å². The van der Waals surface area contributed by atoms with Gasteiger partial charge in [0.2, 0.25) is 5.82 Å². The van der Waals surface area contributed by atoms with Crippen LogP contribution in [0.2, 0.25) is 0 Å². The van der Waals surface area contributed by atoms with E-state index in [1.54, 1.807) is 26.0 Å². The Bertz CT molecular complexity index is 713. The van der Waals surface area contributed by atoms with Crippen molar-refractivity contribution in [2.45, 2.75) is 26.1 Å². The summed E-state index contributed by atoms with van der Waals surface area (Å²) in [6.45, 7) is 3.29. The van der Waals surface area contributed by atoms with Crippen LogP contribution in [0.4, 0.5) is 18.9 Å². The molecule has 1 heterocycles. The zero-order chi connectivity index (χ0) is 17.2. The second kappa shape index (κ2) is 6.37. The Hall–Kier alpha value is -2.42. The molecule has 1 aromatic heterocycles. The summed E-state index contributed by atoms with van der Waals surface area (Å²) in [7, 11) is 1.41. The van der Waals surface area contributed by atoms with Crippen molar-refractivity contribution in [2.24, 2.45) is 0 Å². The van der Waals surface area contributed by atoms with Gasteiger partial charge in [-0.25, -0.2) is 0 Å². The SMILES string of the molecule is COC(C)C(=O)Nc1ccc(-c2noc(C(F)(F)F)n2)cc1C. The van der Waals surface area contributed by atoms with E-state index in [-0.39, 0.29) is 11.7 Å². The van der Waals surface area contributed by atoms with Gasteiger partial charge in [-0.2, -0.15) is 18.2 Å². The largest absolute Gasteiger partial charge is 0.471 e. The lowest BCUT2D eigenvalue weighted by molar-refractivity contribution is -0.159. The molecule has 1 aromatic carbocycles. The van der Waals surface area contributed by atoms with E-state index in [2.05, 4.69) is 20.0 Å². The summed E-state index contributed by atoms with van der Waals surface area (Å²) in [6.07, 6.45) is -5.31. The molecule has 6 nitrogen and oxygen atoms in total. The van der Waals surface area contributed by atoms with Crippen LogP contribution in [0.15, 0.2) is 22.7 Å². The lowest BCUT2D eigenvalue weighted by Crippen LogP contribution is -2.26. The van der Waals surface area contributed by atoms with Gasteiger partial charge in [0.25, 0.3) is 5.91 Å². The molecule has 0 bridgehead atoms. The van der Waals surface area contributed by atoms with Crippen LogP contribution < -0.4 is 5.32 Å². The molecule has 0 spiro atoms. The Balaban J connectivity index is 2.22. The number of benzene rings is 1. The fourth-order valence-electron chi connectivity index (χ4n) is 1.74. The molecule has 0 radical (unpaired) electrons. The fourth-order valence-corrected chi connectivity index (χ4v) is 1.74. The third kappa shape index (κ3) is 3.86. The number of methoxy groups -OCH3 is 1. The van der Waals surface area contributed by atoms with Crippen LogP contribution in [0.5, 0.6) is 0 Å². The third-order valence-electron chi connectivity index (χ3n) is 3.13. The summed E-state index contributed by atoms with van der Waals surface area (Å²) < 4.78 is 46.5. The van der Waals surface area contributed by atoms with Crippen LogP contribution in [0.1, 0.15) is 18.4 Å². The van der Waals surface area contributed by atoms with E-state index < -0.39 is 18.2 Å². The number of hydrogen-bond acceptors (Lipinski definition) is 5. The van der Waals surface area contributed by atoms with E-state index in [9.17, 15) is 18.0 Å². The number of hydrogen-bond donors (Lipinski definition) is 1. The molecule has 2 rings (SSSR count). The van der Waals surface area contributed by atoms with Crippen molar-refractivity contribution >= 4 is 11.6 Å². The number of aromatic nitrogens is 2. The molecule has 124 valence electrons. The van der Waals surface area contributed by atoms with Gasteiger partial charge in [-0.1, -0.05) is 5.16 Å². The Kier molecular flexibility index (Phi) is 4.69. The first-order valence-corrected chi connectivity index (χ1v) is 6.58. The summed E-state index contributed by atoms with van der Waals surface area (Å²) in [6, 6.07) is 4.59. The van der Waals surface area contributed by atoms with E-state index in [0.29, 0.717) is 16.8 Å². The maximum Gasteiger partial charge on any atom is 0.471 e. The van der Waals surface area contributed by atoms with E-state index in [1.165, 1.54) is 13.2 Å². The first-order valence-electron chi connectivity index (χ1n) is 6.58. The number of nitrogens with zero attached hydrogens (tertiary/aromatic N) is 2. The maximum absolute atomic E-state index is 12.5. The molecule has 2 aromatic rings. The molecule has 1 atom stereocenters. The van der Waals surface area contributed by atoms with Crippen LogP contribution in [-0.2, 0) is 15.7 Å². The summed E-state index contributed by atoms with van der Waals surface area (Å²) in [5.41, 5.74) is 1.50. The van der Waals surface area contributed by atoms with Crippen molar-refractivity contribution in [3.63, 3.8) is 0 Å². The van der Waals surface area contributed by atoms with E-state index in [1.807, 2.05) is 0 Å². The van der Waals surface area contributed by atoms with E-state index in [4.69, 9.17) is 4.74 Å². The molecule has 1 unspecified atom stereocenters. The second-order valence-corrected chi connectivity index (χ2v) is 4.82. The van der Waals surface area contributed by atoms with Gasteiger partial charge < -0.3 is 14.6 Å². The fraction of sp³-hybridized carbons (Fsp3) is 0.357. The third-order valence-corrected chi connectivity index (χ3v) is 3.13. The molecule has 9 heteroatoms. The molecule has 23 heavy (non-hydrogen) atoms. The minimum atomic E-state index is -4.69. The van der Waals surface area contributed by atoms with Crippen molar-refractivity contribution in [3.05, 3.63) is 29.7 Å². The van der Waals surface area contributed by atoms with Crippen molar-refractivity contribution in [1.82, 2.24) is 10.1 Å². The van der Waals surface area contributed by atoms with Crippen LogP contribution >= 0.6 is 0 Å². The number of rotatable bonds is 4. The highest BCUT2D eigenvalue weighted by Crippen LogP contribution is 2.30. The zero-order valence-electron chi connectivity index (χ0n) is 12.6. The highest BCUT2D eigenvalue weighted by Gasteiger charge is 2.38. The molecule has 0 aliphatic rings. The van der Waals surface area contributed by atoms with Crippen molar-refractivity contribution in [3.8, 4) is 11.4 Å². The standard InChI is InChI=1S/C14H14F3N3O3/c1-7-6-9(11-19-13(23-20-11)14(15,16)17)4-5-10(7)18-12(21)8(2)22-3/h4-6,8H,1-3H3,(H,18,21). The molecule has 0 saturated heterocycles. The maximum atomic E-state index is 12.5. The van der Waals surface area contributed by atoms with Crippen molar-refractivity contribution in [2.75, 3.05) is 12.4 Å². The molecular formula is C14H14F3N3O3. The minimum absolute atomic E-state index is 0.177. The van der Waals surface area contributed by atoms with E-state index >= 15 is 0 Å². The number of nitrogens with one attached hydrogen (secondary N) is 1. The molecule has 0 fully saturated rings. The van der Waals surface area contributed by atoms with Gasteiger partial charge in [-0.15, -0.1) is 0 Å². The highest BCUT2D eigenvalue weighted by atomic mass is 19.4. The number of aryl methyl sites for hydroxylation is 1. The molecule has 1 N–H and O–H groups in total. The first-order chi connectivity index (χ1) is 10.7. The smallest absolute Gasteiger partial charge is 0.372 e. The highest BCUT2D eigenvalue weighted by molar-refractivity contribution is 5.94. The number of ether oxygens (including phenoxy) is 1. The Morgan fingerprint density at radius 3 is 2.61 bits per heavy atom. The Labute approximate surface area is 129 Å². The molecule has 0 aliphatic heterocycles. The van der Waals surface area contributed by atoms with Gasteiger partial charge in [-0.3, -0.25) is 4.79 Å². The normalized spacial score (nSPS) is 13.0. The average molecular weight is 329 g/mol. The Morgan fingerprint density at radius 1 is 1.39 bits per heavy atom. The second-order valence-electron chi connectivity index (χ2n) is 4.82. The number of carbonyl (C=O) groups is 1. The Morgan fingerprint density at radius 2 is 2.09 bits per heavy atom. The minimum Gasteiger partial charge on any atom is -0.372 e. The topological polar surface area (TPSA) is 77.2 Å². The van der Waals surface area contributed by atoms with Gasteiger partial charge in [-0.05, 0) is 37.6 Å². The lowest BCUT2D eigenvalue weighted by Gasteiger charge is -2.12. The summed E-state index contributed by atoms with van der Waals surface area (Å²) >= 11 is 0. The average Bonchev–Trinajstić information content (AvgIpc) is 2.98. The zero-order valence-corrected chi connectivity index (χ0v) is 12.6. The van der Waals surface area contributed by atoms with Gasteiger partial charge in [0.1, 0.15) is 6.10 Å². The molecule has 0 saturated carbocycles. The van der Waals surface area contributed by atoms with Crippen LogP contribution in [0.25, 0.3) is 11.4 Å². The van der Waals surface area contributed by atoms with E-state index in [0.717, 1.165) is 0 Å². The molecule has 0 aliphatic carbocycles. The predicted octanol–water partition coefficient (Wildman–Crippen LogP) is 3.04. The number of anilines is 1. The summed E-state index contributed by atoms with van der Waals surface area (Å²) in [5.74, 6) is -1.91. The van der Waals surface area contributed by atoms with Crippen LogP contribution in [0, 0.1) is 6.92 Å². The summed E-state index contributed by atoms with van der Waals surface area (Å²) in [5, 5.41) is 5.97. The molecule has 1 amide bonds. The number of alkyl halides is 3. The first kappa shape index (κ1) is 16.9. The number of halogens is 3. The quantitative estimate of drug-likeness (QED) is 0.933. The van der Waals surface area contributed by atoms with Crippen LogP contribution in [-0.4, -0.2) is 29.3 Å². The number of amides is 1. The predicted molar refractivity (Wildman–Crippen MR) is 74.6 cm³/mol. The van der Waals surface area contributed by atoms with Crippen molar-refractivity contribution < 1.29 is 27.2 Å². The summed E-state index contributed by atoms with van der Waals surface area (Å²) in [4.78, 5) is 15.1. The van der Waals surface area contributed by atoms with Crippen molar-refractivity contribution in [1.29, 1.82) is 0 Å². The number of carbonyl (C=O) groups excluding carboxylic acids is 1. The molecular weight excluding hydrogens is 315 g/mol. The lowest BCUT2D eigenvalue weighted by atomic mass is 10.1. The van der Waals surface area contributed by atoms with Crippen LogP contribution in [0.3, 0.4) is 0 Å². The van der Waals surface area contributed by atoms with Gasteiger partial charge >= 0.3 is 12.1 Å².